The van der Waals surface area contributed by atoms with Crippen molar-refractivity contribution >= 4 is 5.69 Å². The number of halogens is 3. The highest BCUT2D eigenvalue weighted by molar-refractivity contribution is 5.43. The van der Waals surface area contributed by atoms with E-state index in [0.717, 1.165) is 37.3 Å². The molecule has 0 bridgehead atoms. The van der Waals surface area contributed by atoms with Gasteiger partial charge in [-0.15, -0.1) is 5.10 Å². The van der Waals surface area contributed by atoms with Crippen LogP contribution in [0.25, 0.3) is 5.69 Å². The summed E-state index contributed by atoms with van der Waals surface area (Å²) in [6.45, 7) is 2.26. The Kier molecular flexibility index (Phi) is 4.99. The predicted molar refractivity (Wildman–Crippen MR) is 97.9 cm³/mol. The SMILES string of the molecule is FC(F)(F)c1ccc(-n2nnnc2CN2CCC(Nc3ccccc3)C2)cc1. The number of alkyl halides is 3. The lowest BCUT2D eigenvalue weighted by Crippen LogP contribution is -2.27. The lowest BCUT2D eigenvalue weighted by atomic mass is 10.2. The van der Waals surface area contributed by atoms with Gasteiger partial charge < -0.3 is 5.32 Å². The third-order valence-electron chi connectivity index (χ3n) is 4.76. The van der Waals surface area contributed by atoms with E-state index < -0.39 is 11.7 Å². The zero-order chi connectivity index (χ0) is 19.6. The van der Waals surface area contributed by atoms with Crippen molar-refractivity contribution in [3.8, 4) is 5.69 Å². The Morgan fingerprint density at radius 3 is 2.50 bits per heavy atom. The van der Waals surface area contributed by atoms with E-state index in [0.29, 0.717) is 24.1 Å². The van der Waals surface area contributed by atoms with Gasteiger partial charge in [0.05, 0.1) is 17.8 Å². The number of likely N-dealkylation sites (tertiary alicyclic amines) is 1. The number of benzene rings is 2. The first-order valence-corrected chi connectivity index (χ1v) is 8.98. The monoisotopic (exact) mass is 388 g/mol. The normalized spacial score (nSPS) is 17.8. The highest BCUT2D eigenvalue weighted by Gasteiger charge is 2.30. The second kappa shape index (κ2) is 7.59. The molecule has 1 aliphatic heterocycles. The quantitative estimate of drug-likeness (QED) is 0.726. The maximum atomic E-state index is 12.7. The van der Waals surface area contributed by atoms with E-state index in [9.17, 15) is 13.2 Å². The molecule has 1 aromatic heterocycles. The molecule has 0 amide bonds. The highest BCUT2D eigenvalue weighted by atomic mass is 19.4. The first-order valence-electron chi connectivity index (χ1n) is 8.98. The number of aromatic nitrogens is 4. The van der Waals surface area contributed by atoms with Crippen molar-refractivity contribution in [3.63, 3.8) is 0 Å². The van der Waals surface area contributed by atoms with Crippen LogP contribution in [0.4, 0.5) is 18.9 Å². The van der Waals surface area contributed by atoms with Crippen LogP contribution >= 0.6 is 0 Å². The molecule has 3 aromatic rings. The van der Waals surface area contributed by atoms with Gasteiger partial charge >= 0.3 is 6.18 Å². The molecule has 146 valence electrons. The van der Waals surface area contributed by atoms with Gasteiger partial charge in [-0.1, -0.05) is 18.2 Å². The number of hydrogen-bond donors (Lipinski definition) is 1. The number of hydrogen-bond acceptors (Lipinski definition) is 5. The van der Waals surface area contributed by atoms with Crippen molar-refractivity contribution in [2.45, 2.75) is 25.2 Å². The number of nitrogens with one attached hydrogen (secondary N) is 1. The third kappa shape index (κ3) is 4.14. The Bertz CT molecular complexity index is 907. The van der Waals surface area contributed by atoms with Crippen LogP contribution in [0.1, 0.15) is 17.8 Å². The Morgan fingerprint density at radius 1 is 1.04 bits per heavy atom. The zero-order valence-corrected chi connectivity index (χ0v) is 15.0. The van der Waals surface area contributed by atoms with Crippen LogP contribution in [0.3, 0.4) is 0 Å². The van der Waals surface area contributed by atoms with Crippen LogP contribution in [-0.4, -0.2) is 44.2 Å². The van der Waals surface area contributed by atoms with E-state index in [1.54, 1.807) is 0 Å². The molecule has 9 heteroatoms. The van der Waals surface area contributed by atoms with E-state index >= 15 is 0 Å². The molecule has 0 spiro atoms. The molecular formula is C19H19F3N6. The molecule has 0 radical (unpaired) electrons. The van der Waals surface area contributed by atoms with Crippen LogP contribution in [0.2, 0.25) is 0 Å². The summed E-state index contributed by atoms with van der Waals surface area (Å²) in [7, 11) is 0. The summed E-state index contributed by atoms with van der Waals surface area (Å²) in [6, 6.07) is 15.2. The fourth-order valence-electron chi connectivity index (χ4n) is 3.36. The van der Waals surface area contributed by atoms with Gasteiger partial charge in [0.15, 0.2) is 5.82 Å². The van der Waals surface area contributed by atoms with Crippen molar-refractivity contribution < 1.29 is 13.2 Å². The zero-order valence-electron chi connectivity index (χ0n) is 15.0. The van der Waals surface area contributed by atoms with Gasteiger partial charge in [0, 0.05) is 24.8 Å². The predicted octanol–water partition coefficient (Wildman–Crippen LogP) is 3.37. The molecule has 2 heterocycles. The van der Waals surface area contributed by atoms with Crippen molar-refractivity contribution in [2.75, 3.05) is 18.4 Å². The fourth-order valence-corrected chi connectivity index (χ4v) is 3.36. The Hall–Kier alpha value is -2.94. The molecule has 1 aliphatic rings. The van der Waals surface area contributed by atoms with Gasteiger partial charge in [0.25, 0.3) is 0 Å². The minimum atomic E-state index is -4.36. The molecule has 1 unspecified atom stereocenters. The minimum absolute atomic E-state index is 0.331. The average molecular weight is 388 g/mol. The van der Waals surface area contributed by atoms with Crippen LogP contribution in [0.5, 0.6) is 0 Å². The van der Waals surface area contributed by atoms with Crippen LogP contribution in [0, 0.1) is 0 Å². The van der Waals surface area contributed by atoms with E-state index in [1.165, 1.54) is 16.8 Å². The minimum Gasteiger partial charge on any atom is -0.381 e. The molecule has 0 saturated carbocycles. The molecule has 1 atom stereocenters. The summed E-state index contributed by atoms with van der Waals surface area (Å²) < 4.78 is 39.7. The van der Waals surface area contributed by atoms with Crippen LogP contribution < -0.4 is 5.32 Å². The second-order valence-electron chi connectivity index (χ2n) is 6.78. The van der Waals surface area contributed by atoms with Gasteiger partial charge in [-0.3, -0.25) is 4.90 Å². The van der Waals surface area contributed by atoms with E-state index in [2.05, 4.69) is 25.7 Å². The Labute approximate surface area is 160 Å². The average Bonchev–Trinajstić information content (AvgIpc) is 3.32. The van der Waals surface area contributed by atoms with Gasteiger partial charge in [0.2, 0.25) is 0 Å². The number of nitrogens with zero attached hydrogens (tertiary/aromatic N) is 5. The summed E-state index contributed by atoms with van der Waals surface area (Å²) in [5, 5.41) is 15.2. The molecule has 4 rings (SSSR count). The van der Waals surface area contributed by atoms with E-state index in [4.69, 9.17) is 0 Å². The summed E-state index contributed by atoms with van der Waals surface area (Å²) >= 11 is 0. The first-order chi connectivity index (χ1) is 13.5. The molecule has 28 heavy (non-hydrogen) atoms. The Morgan fingerprint density at radius 2 is 1.79 bits per heavy atom. The first kappa shape index (κ1) is 18.4. The second-order valence-corrected chi connectivity index (χ2v) is 6.78. The molecule has 0 aliphatic carbocycles. The van der Waals surface area contributed by atoms with Crippen molar-refractivity contribution in [1.82, 2.24) is 25.1 Å². The molecular weight excluding hydrogens is 369 g/mol. The fraction of sp³-hybridized carbons (Fsp3) is 0.316. The smallest absolute Gasteiger partial charge is 0.381 e. The topological polar surface area (TPSA) is 58.9 Å². The van der Waals surface area contributed by atoms with Crippen molar-refractivity contribution in [3.05, 3.63) is 66.0 Å². The number of para-hydroxylation sites is 1. The Balaban J connectivity index is 1.41. The molecule has 1 fully saturated rings. The molecule has 2 aromatic carbocycles. The molecule has 1 saturated heterocycles. The van der Waals surface area contributed by atoms with Crippen molar-refractivity contribution in [1.29, 1.82) is 0 Å². The third-order valence-corrected chi connectivity index (χ3v) is 4.76. The van der Waals surface area contributed by atoms with Gasteiger partial charge in [-0.05, 0) is 53.2 Å². The summed E-state index contributed by atoms with van der Waals surface area (Å²) in [6.07, 6.45) is -3.37. The lowest BCUT2D eigenvalue weighted by molar-refractivity contribution is -0.137. The largest absolute Gasteiger partial charge is 0.416 e. The van der Waals surface area contributed by atoms with Crippen LogP contribution in [0.15, 0.2) is 54.6 Å². The van der Waals surface area contributed by atoms with Gasteiger partial charge in [0.1, 0.15) is 0 Å². The highest BCUT2D eigenvalue weighted by Crippen LogP contribution is 2.29. The number of tetrazole rings is 1. The molecule has 6 nitrogen and oxygen atoms in total. The summed E-state index contributed by atoms with van der Waals surface area (Å²) in [5.41, 5.74) is 0.898. The van der Waals surface area contributed by atoms with E-state index in [-0.39, 0.29) is 0 Å². The maximum absolute atomic E-state index is 12.7. The van der Waals surface area contributed by atoms with Gasteiger partial charge in [-0.2, -0.15) is 17.9 Å². The van der Waals surface area contributed by atoms with Crippen LogP contribution in [-0.2, 0) is 12.7 Å². The molecule has 1 N–H and O–H groups in total. The van der Waals surface area contributed by atoms with Gasteiger partial charge in [-0.25, -0.2) is 0 Å². The summed E-state index contributed by atoms with van der Waals surface area (Å²) in [5.74, 6) is 0.597. The lowest BCUT2D eigenvalue weighted by Gasteiger charge is -2.17. The number of rotatable bonds is 5. The van der Waals surface area contributed by atoms with Crippen molar-refractivity contribution in [2.24, 2.45) is 0 Å². The van der Waals surface area contributed by atoms with E-state index in [1.807, 2.05) is 30.3 Å². The maximum Gasteiger partial charge on any atom is 0.416 e. The number of anilines is 1. The standard InChI is InChI=1S/C19H19F3N6/c20-19(21,22)14-6-8-17(9-7-14)28-18(24-25-26-28)13-27-11-10-16(12-27)23-15-4-2-1-3-5-15/h1-9,16,23H,10-13H2. The summed E-state index contributed by atoms with van der Waals surface area (Å²) in [4.78, 5) is 2.23.